The summed E-state index contributed by atoms with van der Waals surface area (Å²) >= 11 is 0. The Morgan fingerprint density at radius 3 is 2.18 bits per heavy atom. The summed E-state index contributed by atoms with van der Waals surface area (Å²) in [4.78, 5) is 35.7. The summed E-state index contributed by atoms with van der Waals surface area (Å²) in [6.45, 7) is 5.71. The maximum atomic E-state index is 12.4. The third-order valence-corrected chi connectivity index (χ3v) is 4.66. The van der Waals surface area contributed by atoms with Gasteiger partial charge >= 0.3 is 0 Å². The van der Waals surface area contributed by atoms with E-state index in [2.05, 4.69) is 10.6 Å². The summed E-state index contributed by atoms with van der Waals surface area (Å²) < 4.78 is 0. The number of nitro groups is 1. The lowest BCUT2D eigenvalue weighted by molar-refractivity contribution is -0.885. The van der Waals surface area contributed by atoms with Crippen LogP contribution in [0.4, 0.5) is 17.1 Å². The molecule has 0 heterocycles. The lowest BCUT2D eigenvalue weighted by atomic mass is 10.1. The number of rotatable bonds is 7. The number of nitrogens with one attached hydrogen (secondary N) is 3. The van der Waals surface area contributed by atoms with E-state index in [1.807, 2.05) is 32.0 Å². The monoisotopic (exact) mass is 385 g/mol. The predicted molar refractivity (Wildman–Crippen MR) is 107 cm³/mol. The van der Waals surface area contributed by atoms with Crippen LogP contribution in [0, 0.1) is 24.0 Å². The first-order valence-corrected chi connectivity index (χ1v) is 8.92. The maximum absolute atomic E-state index is 12.4. The Balaban J connectivity index is 1.93. The van der Waals surface area contributed by atoms with Gasteiger partial charge in [0.1, 0.15) is 0 Å². The number of nitro benzene ring substituents is 1. The van der Waals surface area contributed by atoms with Gasteiger partial charge in [-0.05, 0) is 44.0 Å². The van der Waals surface area contributed by atoms with Crippen LogP contribution in [0.2, 0.25) is 0 Å². The number of quaternary nitrogens is 1. The summed E-state index contributed by atoms with van der Waals surface area (Å²) in [6, 6.07) is 10.9. The van der Waals surface area contributed by atoms with Gasteiger partial charge in [0.2, 0.25) is 0 Å². The molecular formula is C20H25N4O4+. The Kier molecular flexibility index (Phi) is 6.84. The number of hydrogen-bond acceptors (Lipinski definition) is 4. The normalized spacial score (nSPS) is 12.7. The first-order chi connectivity index (χ1) is 13.2. The molecule has 0 radical (unpaired) electrons. The zero-order chi connectivity index (χ0) is 20.8. The van der Waals surface area contributed by atoms with Crippen LogP contribution >= 0.6 is 0 Å². The summed E-state index contributed by atoms with van der Waals surface area (Å²) in [5, 5.41) is 16.3. The molecule has 0 saturated carbocycles. The van der Waals surface area contributed by atoms with Crippen molar-refractivity contribution in [1.29, 1.82) is 0 Å². The van der Waals surface area contributed by atoms with E-state index in [1.54, 1.807) is 14.0 Å². The summed E-state index contributed by atoms with van der Waals surface area (Å²) in [5.74, 6) is -0.448. The number of aryl methyl sites for hydroxylation is 2. The molecule has 8 heteroatoms. The number of hydrogen-bond donors (Lipinski definition) is 3. The van der Waals surface area contributed by atoms with Gasteiger partial charge in [-0.2, -0.15) is 0 Å². The van der Waals surface area contributed by atoms with Gasteiger partial charge in [-0.25, -0.2) is 0 Å². The quantitative estimate of drug-likeness (QED) is 0.498. The fourth-order valence-corrected chi connectivity index (χ4v) is 2.74. The Bertz CT molecular complexity index is 860. The van der Waals surface area contributed by atoms with Crippen molar-refractivity contribution in [2.45, 2.75) is 26.8 Å². The van der Waals surface area contributed by atoms with Crippen LogP contribution in [0.25, 0.3) is 0 Å². The van der Waals surface area contributed by atoms with Gasteiger partial charge in [0.15, 0.2) is 12.6 Å². The molecule has 0 aliphatic rings. The Morgan fingerprint density at radius 2 is 1.64 bits per heavy atom. The third-order valence-electron chi connectivity index (χ3n) is 4.66. The second-order valence-corrected chi connectivity index (χ2v) is 6.85. The molecule has 2 rings (SSSR count). The minimum atomic E-state index is -0.499. The van der Waals surface area contributed by atoms with Crippen LogP contribution in [-0.2, 0) is 9.59 Å². The topological polar surface area (TPSA) is 106 Å². The summed E-state index contributed by atoms with van der Waals surface area (Å²) in [7, 11) is 1.77. The standard InChI is InChI=1S/C20H24N4O4/c1-13-6-5-7-14(2)19(13)22-18(25)12-23(4)15(3)20(26)21-16-8-10-17(11-9-16)24(27)28/h5-11,15H,12H2,1-4H3,(H,21,26)(H,22,25)/p+1/t15-/m1/s1. The molecule has 0 aromatic heterocycles. The molecule has 0 bridgehead atoms. The molecule has 2 aromatic carbocycles. The Morgan fingerprint density at radius 1 is 1.07 bits per heavy atom. The minimum absolute atomic E-state index is 0.0445. The van der Waals surface area contributed by atoms with Crippen LogP contribution in [0.5, 0.6) is 0 Å². The van der Waals surface area contributed by atoms with E-state index in [0.717, 1.165) is 21.7 Å². The molecule has 2 amide bonds. The molecule has 1 unspecified atom stereocenters. The van der Waals surface area contributed by atoms with Gasteiger partial charge in [0, 0.05) is 23.5 Å². The first kappa shape index (κ1) is 21.0. The van der Waals surface area contributed by atoms with Crippen LogP contribution in [-0.4, -0.2) is 36.4 Å². The second-order valence-electron chi connectivity index (χ2n) is 6.85. The average molecular weight is 385 g/mol. The zero-order valence-corrected chi connectivity index (χ0v) is 16.4. The molecule has 0 spiro atoms. The zero-order valence-electron chi connectivity index (χ0n) is 16.4. The van der Waals surface area contributed by atoms with Crippen molar-refractivity contribution in [3.63, 3.8) is 0 Å². The molecular weight excluding hydrogens is 360 g/mol. The number of likely N-dealkylation sites (N-methyl/N-ethyl adjacent to an activating group) is 1. The smallest absolute Gasteiger partial charge is 0.282 e. The van der Waals surface area contributed by atoms with Gasteiger partial charge in [0.25, 0.3) is 17.5 Å². The third kappa shape index (κ3) is 5.37. The van der Waals surface area contributed by atoms with Crippen molar-refractivity contribution >= 4 is 28.9 Å². The van der Waals surface area contributed by atoms with E-state index in [9.17, 15) is 19.7 Å². The van der Waals surface area contributed by atoms with Crippen LogP contribution in [0.1, 0.15) is 18.1 Å². The minimum Gasteiger partial charge on any atom is -0.321 e. The average Bonchev–Trinajstić information content (AvgIpc) is 2.64. The van der Waals surface area contributed by atoms with Gasteiger partial charge < -0.3 is 15.5 Å². The number of carbonyl (C=O) groups excluding carboxylic acids is 2. The van der Waals surface area contributed by atoms with E-state index in [-0.39, 0.29) is 24.0 Å². The molecule has 28 heavy (non-hydrogen) atoms. The van der Waals surface area contributed by atoms with E-state index < -0.39 is 11.0 Å². The van der Waals surface area contributed by atoms with Crippen molar-refractivity contribution in [3.05, 3.63) is 63.7 Å². The van der Waals surface area contributed by atoms with Gasteiger partial charge in [-0.1, -0.05) is 18.2 Å². The van der Waals surface area contributed by atoms with Crippen LogP contribution < -0.4 is 15.5 Å². The molecule has 8 nitrogen and oxygen atoms in total. The molecule has 0 fully saturated rings. The number of non-ortho nitro benzene ring substituents is 1. The highest BCUT2D eigenvalue weighted by Crippen LogP contribution is 2.19. The molecule has 2 atom stereocenters. The highest BCUT2D eigenvalue weighted by molar-refractivity contribution is 5.95. The van der Waals surface area contributed by atoms with Crippen molar-refractivity contribution < 1.29 is 19.4 Å². The highest BCUT2D eigenvalue weighted by atomic mass is 16.6. The van der Waals surface area contributed by atoms with E-state index in [1.165, 1.54) is 24.3 Å². The SMILES string of the molecule is Cc1cccc(C)c1NC(=O)C[NH+](C)[C@H](C)C(=O)Nc1ccc([N+](=O)[O-])cc1. The number of anilines is 2. The van der Waals surface area contributed by atoms with Gasteiger partial charge in [-0.3, -0.25) is 19.7 Å². The van der Waals surface area contributed by atoms with Crippen LogP contribution in [0.3, 0.4) is 0 Å². The number of carbonyl (C=O) groups is 2. The predicted octanol–water partition coefficient (Wildman–Crippen LogP) is 1.69. The molecule has 3 N–H and O–H groups in total. The fourth-order valence-electron chi connectivity index (χ4n) is 2.74. The van der Waals surface area contributed by atoms with Crippen molar-refractivity contribution in [2.24, 2.45) is 0 Å². The number of para-hydroxylation sites is 1. The van der Waals surface area contributed by atoms with E-state index in [4.69, 9.17) is 0 Å². The van der Waals surface area contributed by atoms with Crippen molar-refractivity contribution in [2.75, 3.05) is 24.2 Å². The molecule has 148 valence electrons. The molecule has 0 aliphatic carbocycles. The molecule has 0 saturated heterocycles. The van der Waals surface area contributed by atoms with E-state index >= 15 is 0 Å². The van der Waals surface area contributed by atoms with Gasteiger partial charge in [-0.15, -0.1) is 0 Å². The first-order valence-electron chi connectivity index (χ1n) is 8.92. The molecule has 2 aromatic rings. The molecule has 0 aliphatic heterocycles. The highest BCUT2D eigenvalue weighted by Gasteiger charge is 2.24. The maximum Gasteiger partial charge on any atom is 0.282 e. The van der Waals surface area contributed by atoms with Crippen molar-refractivity contribution in [1.82, 2.24) is 0 Å². The number of amides is 2. The lowest BCUT2D eigenvalue weighted by Gasteiger charge is -2.21. The van der Waals surface area contributed by atoms with E-state index in [0.29, 0.717) is 5.69 Å². The van der Waals surface area contributed by atoms with Gasteiger partial charge in [0.05, 0.1) is 12.0 Å². The number of benzene rings is 2. The number of nitrogens with zero attached hydrogens (tertiary/aromatic N) is 1. The Hall–Kier alpha value is -3.26. The van der Waals surface area contributed by atoms with Crippen molar-refractivity contribution in [3.8, 4) is 0 Å². The Labute approximate surface area is 163 Å². The largest absolute Gasteiger partial charge is 0.321 e. The summed E-state index contributed by atoms with van der Waals surface area (Å²) in [6.07, 6.45) is 0. The summed E-state index contributed by atoms with van der Waals surface area (Å²) in [5.41, 5.74) is 3.18. The lowest BCUT2D eigenvalue weighted by Crippen LogP contribution is -3.14. The second kappa shape index (κ2) is 9.09. The fraction of sp³-hybridized carbons (Fsp3) is 0.300. The van der Waals surface area contributed by atoms with Crippen LogP contribution in [0.15, 0.2) is 42.5 Å².